The number of carbonyl (C=O) groups excluding carboxylic acids is 1. The summed E-state index contributed by atoms with van der Waals surface area (Å²) in [6.45, 7) is 3.21. The molecule has 1 aromatic carbocycles. The molecule has 0 spiro atoms. The molecular formula is C16H18ClNO3. The lowest BCUT2D eigenvalue weighted by atomic mass is 10.0. The summed E-state index contributed by atoms with van der Waals surface area (Å²) in [6.07, 6.45) is 0.970. The number of carbonyl (C=O) groups is 1. The summed E-state index contributed by atoms with van der Waals surface area (Å²) < 4.78 is 5.33. The van der Waals surface area contributed by atoms with Crippen LogP contribution in [0.15, 0.2) is 18.2 Å². The van der Waals surface area contributed by atoms with E-state index in [1.165, 1.54) is 0 Å². The fraction of sp³-hybridized carbons (Fsp3) is 0.438. The van der Waals surface area contributed by atoms with Crippen molar-refractivity contribution in [2.75, 3.05) is 19.8 Å². The van der Waals surface area contributed by atoms with Gasteiger partial charge in [0.05, 0.1) is 11.6 Å². The topological polar surface area (TPSA) is 58.6 Å². The molecule has 2 unspecified atom stereocenters. The van der Waals surface area contributed by atoms with Gasteiger partial charge in [0, 0.05) is 29.7 Å². The summed E-state index contributed by atoms with van der Waals surface area (Å²) in [4.78, 5) is 12.2. The van der Waals surface area contributed by atoms with Crippen molar-refractivity contribution in [2.24, 2.45) is 5.92 Å². The van der Waals surface area contributed by atoms with Crippen molar-refractivity contribution in [2.45, 2.75) is 19.4 Å². The molecule has 4 nitrogen and oxygen atoms in total. The van der Waals surface area contributed by atoms with E-state index in [9.17, 15) is 4.79 Å². The van der Waals surface area contributed by atoms with E-state index in [1.54, 1.807) is 18.2 Å². The van der Waals surface area contributed by atoms with E-state index >= 15 is 0 Å². The highest BCUT2D eigenvalue weighted by Gasteiger charge is 2.23. The standard InChI is InChI=1S/C16H18ClNO3/c1-11(14-6-8-21-10-14)18-16(20)13-5-4-12(3-2-7-19)15(17)9-13/h4-5,9,11,14,19H,6-8,10H2,1H3,(H,18,20). The minimum absolute atomic E-state index is 0.0626. The van der Waals surface area contributed by atoms with Crippen LogP contribution in [0.1, 0.15) is 29.3 Å². The molecular weight excluding hydrogens is 290 g/mol. The lowest BCUT2D eigenvalue weighted by Crippen LogP contribution is -2.38. The molecule has 0 aromatic heterocycles. The number of benzene rings is 1. The maximum absolute atomic E-state index is 12.2. The molecule has 5 heteroatoms. The highest BCUT2D eigenvalue weighted by atomic mass is 35.5. The Kier molecular flexibility index (Phi) is 5.63. The van der Waals surface area contributed by atoms with Crippen molar-refractivity contribution < 1.29 is 14.6 Å². The second-order valence-electron chi connectivity index (χ2n) is 5.04. The third kappa shape index (κ3) is 4.21. The molecule has 1 fully saturated rings. The normalized spacial score (nSPS) is 18.7. The number of rotatable bonds is 3. The number of aliphatic hydroxyl groups is 1. The molecule has 0 radical (unpaired) electrons. The molecule has 1 amide bonds. The molecule has 2 N–H and O–H groups in total. The Morgan fingerprint density at radius 1 is 1.62 bits per heavy atom. The van der Waals surface area contributed by atoms with E-state index in [2.05, 4.69) is 17.2 Å². The smallest absolute Gasteiger partial charge is 0.251 e. The Balaban J connectivity index is 2.03. The van der Waals surface area contributed by atoms with Crippen molar-refractivity contribution in [3.8, 4) is 11.8 Å². The van der Waals surface area contributed by atoms with Gasteiger partial charge in [-0.3, -0.25) is 4.79 Å². The Hall–Kier alpha value is -1.54. The molecule has 2 rings (SSSR count). The Morgan fingerprint density at radius 3 is 3.05 bits per heavy atom. The van der Waals surface area contributed by atoms with Crippen LogP contribution in [0.25, 0.3) is 0 Å². The number of hydrogen-bond donors (Lipinski definition) is 2. The number of nitrogens with one attached hydrogen (secondary N) is 1. The summed E-state index contributed by atoms with van der Waals surface area (Å²) in [7, 11) is 0. The Bertz CT molecular complexity index is 571. The van der Waals surface area contributed by atoms with Crippen LogP contribution in [-0.2, 0) is 4.74 Å². The highest BCUT2D eigenvalue weighted by Crippen LogP contribution is 2.19. The highest BCUT2D eigenvalue weighted by molar-refractivity contribution is 6.32. The average Bonchev–Trinajstić information content (AvgIpc) is 3.00. The number of halogens is 1. The second-order valence-corrected chi connectivity index (χ2v) is 5.45. The fourth-order valence-corrected chi connectivity index (χ4v) is 2.48. The van der Waals surface area contributed by atoms with E-state index < -0.39 is 0 Å². The first-order chi connectivity index (χ1) is 10.1. The van der Waals surface area contributed by atoms with Crippen molar-refractivity contribution in [1.29, 1.82) is 0 Å². The number of amides is 1. The minimum Gasteiger partial charge on any atom is -0.384 e. The molecule has 1 aliphatic heterocycles. The molecule has 0 bridgehead atoms. The van der Waals surface area contributed by atoms with Crippen LogP contribution in [0.4, 0.5) is 0 Å². The molecule has 21 heavy (non-hydrogen) atoms. The predicted octanol–water partition coefficient (Wildman–Crippen LogP) is 1.84. The van der Waals surface area contributed by atoms with Gasteiger partial charge in [-0.2, -0.15) is 0 Å². The van der Waals surface area contributed by atoms with Crippen LogP contribution in [0, 0.1) is 17.8 Å². The first-order valence-corrected chi connectivity index (χ1v) is 7.27. The van der Waals surface area contributed by atoms with Gasteiger partial charge in [-0.25, -0.2) is 0 Å². The summed E-state index contributed by atoms with van der Waals surface area (Å²) in [5.74, 6) is 5.47. The van der Waals surface area contributed by atoms with Crippen LogP contribution in [0.2, 0.25) is 5.02 Å². The van der Waals surface area contributed by atoms with Crippen LogP contribution >= 0.6 is 11.6 Å². The van der Waals surface area contributed by atoms with E-state index in [1.807, 2.05) is 6.92 Å². The van der Waals surface area contributed by atoms with Crippen molar-refractivity contribution in [3.05, 3.63) is 34.3 Å². The van der Waals surface area contributed by atoms with Crippen LogP contribution in [0.5, 0.6) is 0 Å². The maximum atomic E-state index is 12.2. The third-order valence-corrected chi connectivity index (χ3v) is 3.88. The zero-order valence-corrected chi connectivity index (χ0v) is 12.6. The SMILES string of the molecule is CC(NC(=O)c1ccc(C#CCO)c(Cl)c1)C1CCOC1. The minimum atomic E-state index is -0.223. The fourth-order valence-electron chi connectivity index (χ4n) is 2.25. The molecule has 0 aliphatic carbocycles. The third-order valence-electron chi connectivity index (χ3n) is 3.56. The summed E-state index contributed by atoms with van der Waals surface area (Å²) in [6, 6.07) is 5.02. The summed E-state index contributed by atoms with van der Waals surface area (Å²) in [5, 5.41) is 12.1. The lowest BCUT2D eigenvalue weighted by molar-refractivity contribution is 0.0922. The number of ether oxygens (including phenoxy) is 1. The molecule has 1 aliphatic rings. The van der Waals surface area contributed by atoms with E-state index in [0.717, 1.165) is 13.0 Å². The van der Waals surface area contributed by atoms with Crippen molar-refractivity contribution in [3.63, 3.8) is 0 Å². The van der Waals surface area contributed by atoms with Crippen LogP contribution in [0.3, 0.4) is 0 Å². The summed E-state index contributed by atoms with van der Waals surface area (Å²) in [5.41, 5.74) is 1.10. The maximum Gasteiger partial charge on any atom is 0.251 e. The van der Waals surface area contributed by atoms with Gasteiger partial charge in [0.2, 0.25) is 0 Å². The largest absolute Gasteiger partial charge is 0.384 e. The number of aliphatic hydroxyl groups excluding tert-OH is 1. The van der Waals surface area contributed by atoms with E-state index in [0.29, 0.717) is 28.7 Å². The van der Waals surface area contributed by atoms with Crippen LogP contribution in [-0.4, -0.2) is 36.9 Å². The van der Waals surface area contributed by atoms with Crippen molar-refractivity contribution in [1.82, 2.24) is 5.32 Å². The first kappa shape index (κ1) is 15.8. The molecule has 1 heterocycles. The molecule has 1 aromatic rings. The van der Waals surface area contributed by atoms with Gasteiger partial charge in [-0.1, -0.05) is 23.4 Å². The number of hydrogen-bond acceptors (Lipinski definition) is 3. The Morgan fingerprint density at radius 2 is 2.43 bits per heavy atom. The van der Waals surface area contributed by atoms with Gasteiger partial charge in [-0.15, -0.1) is 0 Å². The zero-order valence-electron chi connectivity index (χ0n) is 11.9. The predicted molar refractivity (Wildman–Crippen MR) is 81.3 cm³/mol. The quantitative estimate of drug-likeness (QED) is 0.838. The second kappa shape index (κ2) is 7.46. The van der Waals surface area contributed by atoms with E-state index in [4.69, 9.17) is 21.4 Å². The molecule has 1 saturated heterocycles. The van der Waals surface area contributed by atoms with Gasteiger partial charge in [-0.05, 0) is 31.5 Å². The molecule has 0 saturated carbocycles. The summed E-state index contributed by atoms with van der Waals surface area (Å²) >= 11 is 6.09. The average molecular weight is 308 g/mol. The monoisotopic (exact) mass is 307 g/mol. The molecule has 2 atom stereocenters. The van der Waals surface area contributed by atoms with Crippen molar-refractivity contribution >= 4 is 17.5 Å². The van der Waals surface area contributed by atoms with Crippen LogP contribution < -0.4 is 5.32 Å². The van der Waals surface area contributed by atoms with Gasteiger partial charge in [0.1, 0.15) is 6.61 Å². The Labute approximate surface area is 129 Å². The zero-order chi connectivity index (χ0) is 15.2. The molecule has 112 valence electrons. The lowest BCUT2D eigenvalue weighted by Gasteiger charge is -2.19. The van der Waals surface area contributed by atoms with Gasteiger partial charge < -0.3 is 15.2 Å². The van der Waals surface area contributed by atoms with Gasteiger partial charge >= 0.3 is 0 Å². The van der Waals surface area contributed by atoms with Gasteiger partial charge in [0.25, 0.3) is 5.91 Å². The van der Waals surface area contributed by atoms with E-state index in [-0.39, 0.29) is 18.6 Å². The van der Waals surface area contributed by atoms with Gasteiger partial charge in [0.15, 0.2) is 0 Å². The first-order valence-electron chi connectivity index (χ1n) is 6.89.